The van der Waals surface area contributed by atoms with Crippen LogP contribution in [0.1, 0.15) is 16.1 Å². The predicted molar refractivity (Wildman–Crippen MR) is 95.9 cm³/mol. The van der Waals surface area contributed by atoms with E-state index in [1.807, 2.05) is 18.2 Å². The first-order valence-corrected chi connectivity index (χ1v) is 7.94. The van der Waals surface area contributed by atoms with Crippen LogP contribution < -0.4 is 10.2 Å². The highest BCUT2D eigenvalue weighted by atomic mass is 19.4. The number of nitrogens with zero attached hydrogens (tertiary/aromatic N) is 3. The van der Waals surface area contributed by atoms with Gasteiger partial charge in [0.15, 0.2) is 0 Å². The summed E-state index contributed by atoms with van der Waals surface area (Å²) >= 11 is 0. The molecular formula is C19H15F3N4O. The predicted octanol–water partition coefficient (Wildman–Crippen LogP) is 4.52. The van der Waals surface area contributed by atoms with Gasteiger partial charge in [-0.2, -0.15) is 13.2 Å². The summed E-state index contributed by atoms with van der Waals surface area (Å²) in [5, 5.41) is 2.74. The monoisotopic (exact) mass is 372 g/mol. The molecule has 0 aliphatic rings. The Hall–Kier alpha value is -3.42. The summed E-state index contributed by atoms with van der Waals surface area (Å²) in [5.74, 6) is -0.118. The van der Waals surface area contributed by atoms with Crippen molar-refractivity contribution >= 4 is 23.1 Å². The molecule has 3 rings (SSSR count). The highest BCUT2D eigenvalue weighted by Gasteiger charge is 2.30. The van der Waals surface area contributed by atoms with Gasteiger partial charge < -0.3 is 10.2 Å². The highest BCUT2D eigenvalue weighted by Crippen LogP contribution is 2.31. The Morgan fingerprint density at radius 2 is 1.74 bits per heavy atom. The quantitative estimate of drug-likeness (QED) is 0.732. The van der Waals surface area contributed by atoms with Gasteiger partial charge in [0.25, 0.3) is 5.91 Å². The van der Waals surface area contributed by atoms with Crippen molar-refractivity contribution < 1.29 is 18.0 Å². The Bertz CT molecular complexity index is 928. The van der Waals surface area contributed by atoms with Crippen LogP contribution in [0, 0.1) is 0 Å². The molecule has 1 heterocycles. The van der Waals surface area contributed by atoms with Gasteiger partial charge in [-0.15, -0.1) is 0 Å². The first kappa shape index (κ1) is 18.4. The van der Waals surface area contributed by atoms with Crippen LogP contribution in [-0.2, 0) is 6.18 Å². The second-order valence-corrected chi connectivity index (χ2v) is 5.69. The Morgan fingerprint density at radius 3 is 2.37 bits per heavy atom. The van der Waals surface area contributed by atoms with Crippen LogP contribution in [0.3, 0.4) is 0 Å². The minimum Gasteiger partial charge on any atom is -0.339 e. The van der Waals surface area contributed by atoms with Gasteiger partial charge in [0.2, 0.25) is 0 Å². The van der Waals surface area contributed by atoms with E-state index in [0.717, 1.165) is 12.1 Å². The number of alkyl halides is 3. The van der Waals surface area contributed by atoms with Crippen molar-refractivity contribution in [2.75, 3.05) is 17.3 Å². The van der Waals surface area contributed by atoms with Crippen molar-refractivity contribution in [2.24, 2.45) is 0 Å². The Balaban J connectivity index is 1.73. The van der Waals surface area contributed by atoms with Crippen molar-refractivity contribution in [1.29, 1.82) is 0 Å². The second-order valence-electron chi connectivity index (χ2n) is 5.69. The zero-order valence-electron chi connectivity index (χ0n) is 14.2. The number of rotatable bonds is 4. The summed E-state index contributed by atoms with van der Waals surface area (Å²) in [6.07, 6.45) is -1.86. The third-order valence-corrected chi connectivity index (χ3v) is 3.78. The highest BCUT2D eigenvalue weighted by molar-refractivity contribution is 6.04. The SMILES string of the molecule is CN(C(=O)c1cnc(Nc2cccc(C(F)(F)F)c2)cn1)c1ccccc1. The normalized spacial score (nSPS) is 11.1. The van der Waals surface area contributed by atoms with Crippen molar-refractivity contribution in [3.63, 3.8) is 0 Å². The van der Waals surface area contributed by atoms with E-state index in [4.69, 9.17) is 0 Å². The van der Waals surface area contributed by atoms with Crippen LogP contribution in [0.15, 0.2) is 67.0 Å². The van der Waals surface area contributed by atoms with E-state index >= 15 is 0 Å². The average Bonchev–Trinajstić information content (AvgIpc) is 2.68. The molecule has 3 aromatic rings. The van der Waals surface area contributed by atoms with Gasteiger partial charge in [-0.05, 0) is 30.3 Å². The fourth-order valence-electron chi connectivity index (χ4n) is 2.36. The van der Waals surface area contributed by atoms with Gasteiger partial charge in [0.1, 0.15) is 11.5 Å². The molecule has 0 bridgehead atoms. The van der Waals surface area contributed by atoms with E-state index in [0.29, 0.717) is 5.69 Å². The van der Waals surface area contributed by atoms with E-state index in [9.17, 15) is 18.0 Å². The second kappa shape index (κ2) is 7.45. The minimum absolute atomic E-state index is 0.121. The fourth-order valence-corrected chi connectivity index (χ4v) is 2.36. The summed E-state index contributed by atoms with van der Waals surface area (Å²) in [5.41, 5.74) is 0.280. The van der Waals surface area contributed by atoms with Crippen LogP contribution >= 0.6 is 0 Å². The molecule has 0 atom stereocenters. The molecule has 0 spiro atoms. The summed E-state index contributed by atoms with van der Waals surface area (Å²) in [6, 6.07) is 13.8. The van der Waals surface area contributed by atoms with E-state index in [1.165, 1.54) is 29.4 Å². The van der Waals surface area contributed by atoms with Crippen LogP contribution in [0.5, 0.6) is 0 Å². The molecule has 0 saturated carbocycles. The molecule has 1 N–H and O–H groups in total. The molecule has 8 heteroatoms. The molecule has 1 aromatic heterocycles. The van der Waals surface area contributed by atoms with Crippen molar-refractivity contribution in [1.82, 2.24) is 9.97 Å². The van der Waals surface area contributed by atoms with Crippen molar-refractivity contribution in [3.8, 4) is 0 Å². The number of benzene rings is 2. The fraction of sp³-hybridized carbons (Fsp3) is 0.105. The lowest BCUT2D eigenvalue weighted by Gasteiger charge is -2.16. The zero-order valence-corrected chi connectivity index (χ0v) is 14.2. The van der Waals surface area contributed by atoms with E-state index in [-0.39, 0.29) is 23.1 Å². The lowest BCUT2D eigenvalue weighted by atomic mass is 10.2. The molecule has 0 radical (unpaired) electrons. The number of nitrogens with one attached hydrogen (secondary N) is 1. The first-order valence-electron chi connectivity index (χ1n) is 7.94. The lowest BCUT2D eigenvalue weighted by Crippen LogP contribution is -2.27. The number of amides is 1. The van der Waals surface area contributed by atoms with Gasteiger partial charge in [0.05, 0.1) is 18.0 Å². The van der Waals surface area contributed by atoms with Gasteiger partial charge >= 0.3 is 6.18 Å². The maximum atomic E-state index is 12.8. The third kappa shape index (κ3) is 4.41. The molecule has 1 amide bonds. The molecule has 138 valence electrons. The Morgan fingerprint density at radius 1 is 1.00 bits per heavy atom. The lowest BCUT2D eigenvalue weighted by molar-refractivity contribution is -0.137. The van der Waals surface area contributed by atoms with Crippen molar-refractivity contribution in [2.45, 2.75) is 6.18 Å². The molecule has 0 fully saturated rings. The molecule has 0 unspecified atom stereocenters. The molecule has 0 aliphatic carbocycles. The Labute approximate surface area is 153 Å². The minimum atomic E-state index is -4.43. The summed E-state index contributed by atoms with van der Waals surface area (Å²) < 4.78 is 38.3. The van der Waals surface area contributed by atoms with Gasteiger partial charge in [-0.1, -0.05) is 24.3 Å². The number of aromatic nitrogens is 2. The number of para-hydroxylation sites is 1. The maximum Gasteiger partial charge on any atom is 0.416 e. The molecule has 0 saturated heterocycles. The van der Waals surface area contributed by atoms with Crippen molar-refractivity contribution in [3.05, 3.63) is 78.2 Å². The average molecular weight is 372 g/mol. The molecule has 5 nitrogen and oxygen atoms in total. The largest absolute Gasteiger partial charge is 0.416 e. The van der Waals surface area contributed by atoms with Crippen LogP contribution in [0.2, 0.25) is 0 Å². The van der Waals surface area contributed by atoms with E-state index in [1.54, 1.807) is 19.2 Å². The van der Waals surface area contributed by atoms with Gasteiger partial charge in [-0.3, -0.25) is 4.79 Å². The van der Waals surface area contributed by atoms with E-state index in [2.05, 4.69) is 15.3 Å². The zero-order chi connectivity index (χ0) is 19.4. The molecule has 0 aliphatic heterocycles. The number of anilines is 3. The van der Waals surface area contributed by atoms with Gasteiger partial charge in [0, 0.05) is 18.4 Å². The van der Waals surface area contributed by atoms with E-state index < -0.39 is 11.7 Å². The van der Waals surface area contributed by atoms with Crippen LogP contribution in [0.25, 0.3) is 0 Å². The summed E-state index contributed by atoms with van der Waals surface area (Å²) in [4.78, 5) is 22.0. The molecular weight excluding hydrogens is 357 g/mol. The topological polar surface area (TPSA) is 58.1 Å². The maximum absolute atomic E-state index is 12.8. The van der Waals surface area contributed by atoms with Crippen LogP contribution in [-0.4, -0.2) is 22.9 Å². The summed E-state index contributed by atoms with van der Waals surface area (Å²) in [6.45, 7) is 0. The Kier molecular flexibility index (Phi) is 5.07. The number of hydrogen-bond acceptors (Lipinski definition) is 4. The molecule has 27 heavy (non-hydrogen) atoms. The molecule has 2 aromatic carbocycles. The third-order valence-electron chi connectivity index (χ3n) is 3.78. The number of halogens is 3. The number of carbonyl (C=O) groups excluding carboxylic acids is 1. The first-order chi connectivity index (χ1) is 12.8. The number of carbonyl (C=O) groups is 1. The smallest absolute Gasteiger partial charge is 0.339 e. The standard InChI is InChI=1S/C19H15F3N4O/c1-26(15-8-3-2-4-9-15)18(27)16-11-24-17(12-23-16)25-14-7-5-6-13(10-14)19(20,21)22/h2-12H,1H3,(H,24,25). The number of hydrogen-bond donors (Lipinski definition) is 1. The summed E-state index contributed by atoms with van der Waals surface area (Å²) in [7, 11) is 1.62. The van der Waals surface area contributed by atoms with Gasteiger partial charge in [-0.25, -0.2) is 9.97 Å². The van der Waals surface area contributed by atoms with Crippen LogP contribution in [0.4, 0.5) is 30.4 Å².